The van der Waals surface area contributed by atoms with Gasteiger partial charge in [0.25, 0.3) is 0 Å². The van der Waals surface area contributed by atoms with Gasteiger partial charge in [-0.05, 0) is 46.3 Å². The van der Waals surface area contributed by atoms with Crippen LogP contribution >= 0.6 is 39.7 Å². The van der Waals surface area contributed by atoms with Crippen LogP contribution < -0.4 is 15.8 Å². The van der Waals surface area contributed by atoms with E-state index in [0.29, 0.717) is 10.0 Å². The van der Waals surface area contributed by atoms with E-state index in [1.807, 2.05) is 24.3 Å². The summed E-state index contributed by atoms with van der Waals surface area (Å²) in [6.45, 7) is 0. The van der Waals surface area contributed by atoms with Crippen LogP contribution in [0.25, 0.3) is 0 Å². The lowest BCUT2D eigenvalue weighted by Gasteiger charge is -2.11. The van der Waals surface area contributed by atoms with Crippen LogP contribution in [0, 0.1) is 0 Å². The zero-order chi connectivity index (χ0) is 14.7. The van der Waals surface area contributed by atoms with E-state index < -0.39 is 0 Å². The van der Waals surface area contributed by atoms with Crippen molar-refractivity contribution in [1.29, 1.82) is 0 Å². The smallest absolute Gasteiger partial charge is 0.121 e. The maximum atomic E-state index is 6.15. The molecule has 6 heteroatoms. The minimum atomic E-state index is 0.350. The third-order valence-corrected chi connectivity index (χ3v) is 3.89. The van der Waals surface area contributed by atoms with Gasteiger partial charge in [-0.15, -0.1) is 0 Å². The first-order valence-electron chi connectivity index (χ1n) is 5.71. The summed E-state index contributed by atoms with van der Waals surface area (Å²) in [5.41, 5.74) is 8.05. The molecule has 2 aromatic rings. The highest BCUT2D eigenvalue weighted by atomic mass is 79.9. The van der Waals surface area contributed by atoms with E-state index in [1.54, 1.807) is 19.2 Å². The summed E-state index contributed by atoms with van der Waals surface area (Å²) >= 11 is 14.6. The molecule has 0 aliphatic heterocycles. The normalized spacial score (nSPS) is 10.2. The van der Waals surface area contributed by atoms with Crippen molar-refractivity contribution in [3.63, 3.8) is 0 Å². The molecule has 0 aliphatic carbocycles. The standard InChI is InChI=1S/C14H12BrClN2OS/c1-19-9-3-5-12(16)13(7-9)18-8-2-4-10(14(17)20)11(15)6-8/h2-7,18H,1H3,(H2,17,20). The number of nitrogens with one attached hydrogen (secondary N) is 1. The first kappa shape index (κ1) is 15.1. The molecular formula is C14H12BrClN2OS. The molecule has 0 atom stereocenters. The fourth-order valence-corrected chi connectivity index (χ4v) is 2.74. The van der Waals surface area contributed by atoms with Crippen LogP contribution in [0.1, 0.15) is 5.56 Å². The maximum absolute atomic E-state index is 6.15. The molecule has 0 heterocycles. The minimum absolute atomic E-state index is 0.350. The Bertz CT molecular complexity index is 664. The van der Waals surface area contributed by atoms with Crippen LogP contribution in [0.4, 0.5) is 11.4 Å². The number of thiocarbonyl (C=S) groups is 1. The summed E-state index contributed by atoms with van der Waals surface area (Å²) in [5, 5.41) is 3.84. The van der Waals surface area contributed by atoms with E-state index in [2.05, 4.69) is 21.2 Å². The van der Waals surface area contributed by atoms with Crippen LogP contribution in [0.2, 0.25) is 5.02 Å². The molecule has 0 saturated heterocycles. The highest BCUT2D eigenvalue weighted by Gasteiger charge is 2.06. The van der Waals surface area contributed by atoms with Crippen LogP contribution in [0.5, 0.6) is 5.75 Å². The second-order valence-electron chi connectivity index (χ2n) is 4.03. The molecule has 2 aromatic carbocycles. The van der Waals surface area contributed by atoms with Crippen molar-refractivity contribution in [2.45, 2.75) is 0 Å². The van der Waals surface area contributed by atoms with Gasteiger partial charge >= 0.3 is 0 Å². The Morgan fingerprint density at radius 1 is 1.30 bits per heavy atom. The molecule has 104 valence electrons. The lowest BCUT2D eigenvalue weighted by atomic mass is 10.2. The van der Waals surface area contributed by atoms with E-state index >= 15 is 0 Å². The number of hydrogen-bond donors (Lipinski definition) is 2. The second kappa shape index (κ2) is 6.43. The molecule has 0 unspecified atom stereocenters. The summed E-state index contributed by atoms with van der Waals surface area (Å²) in [6, 6.07) is 11.0. The maximum Gasteiger partial charge on any atom is 0.121 e. The lowest BCUT2D eigenvalue weighted by molar-refractivity contribution is 0.415. The Kier molecular flexibility index (Phi) is 4.86. The molecule has 0 aliphatic rings. The zero-order valence-corrected chi connectivity index (χ0v) is 13.8. The SMILES string of the molecule is COc1ccc(Cl)c(Nc2ccc(C(N)=S)c(Br)c2)c1. The van der Waals surface area contributed by atoms with Crippen molar-refractivity contribution in [2.24, 2.45) is 5.73 Å². The molecule has 0 aromatic heterocycles. The van der Waals surface area contributed by atoms with Crippen LogP contribution in [-0.4, -0.2) is 12.1 Å². The molecule has 0 saturated carbocycles. The molecule has 0 amide bonds. The molecule has 0 bridgehead atoms. The van der Waals surface area contributed by atoms with Gasteiger partial charge in [0.2, 0.25) is 0 Å². The summed E-state index contributed by atoms with van der Waals surface area (Å²) in [4.78, 5) is 0.350. The monoisotopic (exact) mass is 370 g/mol. The number of nitrogens with two attached hydrogens (primary N) is 1. The summed E-state index contributed by atoms with van der Waals surface area (Å²) in [7, 11) is 1.61. The Morgan fingerprint density at radius 2 is 2.05 bits per heavy atom. The van der Waals surface area contributed by atoms with Crippen molar-refractivity contribution in [3.05, 3.63) is 51.5 Å². The van der Waals surface area contributed by atoms with Gasteiger partial charge in [0.15, 0.2) is 0 Å². The highest BCUT2D eigenvalue weighted by molar-refractivity contribution is 9.10. The third kappa shape index (κ3) is 3.42. The number of hydrogen-bond acceptors (Lipinski definition) is 3. The van der Waals surface area contributed by atoms with Gasteiger partial charge in [0.1, 0.15) is 10.7 Å². The zero-order valence-electron chi connectivity index (χ0n) is 10.6. The van der Waals surface area contributed by atoms with Crippen LogP contribution in [0.3, 0.4) is 0 Å². The number of anilines is 2. The largest absolute Gasteiger partial charge is 0.497 e. The van der Waals surface area contributed by atoms with Gasteiger partial charge in [0, 0.05) is 21.8 Å². The van der Waals surface area contributed by atoms with Crippen molar-refractivity contribution < 1.29 is 4.74 Å². The van der Waals surface area contributed by atoms with Crippen LogP contribution in [-0.2, 0) is 0 Å². The van der Waals surface area contributed by atoms with E-state index in [9.17, 15) is 0 Å². The summed E-state index contributed by atoms with van der Waals surface area (Å²) < 4.78 is 6.01. The number of ether oxygens (including phenoxy) is 1. The number of benzene rings is 2. The van der Waals surface area contributed by atoms with Gasteiger partial charge < -0.3 is 15.8 Å². The third-order valence-electron chi connectivity index (χ3n) is 2.69. The van der Waals surface area contributed by atoms with Crippen molar-refractivity contribution in [2.75, 3.05) is 12.4 Å². The quantitative estimate of drug-likeness (QED) is 0.777. The second-order valence-corrected chi connectivity index (χ2v) is 5.73. The van der Waals surface area contributed by atoms with E-state index in [0.717, 1.165) is 27.2 Å². The van der Waals surface area contributed by atoms with Crippen molar-refractivity contribution in [1.82, 2.24) is 0 Å². The topological polar surface area (TPSA) is 47.3 Å². The van der Waals surface area contributed by atoms with Crippen molar-refractivity contribution >= 4 is 56.1 Å². The van der Waals surface area contributed by atoms with Gasteiger partial charge in [-0.1, -0.05) is 23.8 Å². The predicted octanol–water partition coefficient (Wildman–Crippen LogP) is 4.49. The Morgan fingerprint density at radius 3 is 2.65 bits per heavy atom. The van der Waals surface area contributed by atoms with Crippen LogP contribution in [0.15, 0.2) is 40.9 Å². The molecular weight excluding hydrogens is 360 g/mol. The Balaban J connectivity index is 2.30. The van der Waals surface area contributed by atoms with Crippen molar-refractivity contribution in [3.8, 4) is 5.75 Å². The van der Waals surface area contributed by atoms with Gasteiger partial charge in [-0.25, -0.2) is 0 Å². The Hall–Kier alpha value is -1.30. The molecule has 0 radical (unpaired) electrons. The van der Waals surface area contributed by atoms with Gasteiger partial charge in [-0.3, -0.25) is 0 Å². The van der Waals surface area contributed by atoms with E-state index in [1.165, 1.54) is 0 Å². The molecule has 20 heavy (non-hydrogen) atoms. The highest BCUT2D eigenvalue weighted by Crippen LogP contribution is 2.31. The Labute approximate surface area is 136 Å². The average molecular weight is 372 g/mol. The molecule has 2 rings (SSSR count). The fourth-order valence-electron chi connectivity index (χ4n) is 1.68. The molecule has 0 fully saturated rings. The molecule has 0 spiro atoms. The summed E-state index contributed by atoms with van der Waals surface area (Å²) in [5.74, 6) is 0.732. The van der Waals surface area contributed by atoms with Gasteiger partial charge in [0.05, 0.1) is 17.8 Å². The van der Waals surface area contributed by atoms with E-state index in [4.69, 9.17) is 34.3 Å². The average Bonchev–Trinajstić information content (AvgIpc) is 2.41. The molecule has 3 N–H and O–H groups in total. The van der Waals surface area contributed by atoms with E-state index in [-0.39, 0.29) is 0 Å². The molecule has 3 nitrogen and oxygen atoms in total. The summed E-state index contributed by atoms with van der Waals surface area (Å²) in [6.07, 6.45) is 0. The van der Waals surface area contributed by atoms with Gasteiger partial charge in [-0.2, -0.15) is 0 Å². The predicted molar refractivity (Wildman–Crippen MR) is 91.3 cm³/mol. The fraction of sp³-hybridized carbons (Fsp3) is 0.0714. The number of methoxy groups -OCH3 is 1. The number of halogens is 2. The first-order chi connectivity index (χ1) is 9.51. The minimum Gasteiger partial charge on any atom is -0.497 e. The first-order valence-corrected chi connectivity index (χ1v) is 7.29. The number of rotatable bonds is 4. The lowest BCUT2D eigenvalue weighted by Crippen LogP contribution is -2.10.